The molecule has 1 N–H and O–H groups in total. The predicted molar refractivity (Wildman–Crippen MR) is 35.0 cm³/mol. The fraction of sp³-hybridized carbons (Fsp3) is 0.500. The topological polar surface area (TPSA) is 68.0 Å². The second-order valence-corrected chi connectivity index (χ2v) is 2.55. The first-order chi connectivity index (χ1) is 5.29. The van der Waals surface area contributed by atoms with E-state index in [4.69, 9.17) is 5.11 Å². The fourth-order valence-electron chi connectivity index (χ4n) is 1.35. The van der Waals surface area contributed by atoms with Crippen molar-refractivity contribution >= 4 is 5.97 Å². The maximum atomic E-state index is 10.6. The normalized spacial score (nSPS) is 21.6. The average Bonchev–Trinajstić information content (AvgIpc) is 2.41. The van der Waals surface area contributed by atoms with Crippen molar-refractivity contribution in [3.05, 3.63) is 12.2 Å². The van der Waals surface area contributed by atoms with E-state index in [1.165, 1.54) is 6.33 Å². The number of aryl methyl sites for hydroxylation is 1. The third-order valence-electron chi connectivity index (χ3n) is 1.91. The molecule has 5 heteroatoms. The van der Waals surface area contributed by atoms with E-state index in [0.717, 1.165) is 12.2 Å². The Hall–Kier alpha value is -1.39. The molecule has 0 fully saturated rings. The first-order valence-electron chi connectivity index (χ1n) is 3.40. The number of aliphatic carboxylic acids is 1. The molecular weight excluding hydrogens is 146 g/mol. The molecule has 1 aliphatic rings. The van der Waals surface area contributed by atoms with Crippen LogP contribution in [0.25, 0.3) is 0 Å². The number of rotatable bonds is 1. The summed E-state index contributed by atoms with van der Waals surface area (Å²) in [5, 5.41) is 16.1. The number of hydrogen-bond donors (Lipinski definition) is 1. The van der Waals surface area contributed by atoms with Gasteiger partial charge in [-0.1, -0.05) is 0 Å². The van der Waals surface area contributed by atoms with E-state index < -0.39 is 12.0 Å². The molecule has 0 saturated carbocycles. The molecule has 2 heterocycles. The third kappa shape index (κ3) is 0.806. The van der Waals surface area contributed by atoms with E-state index in [1.54, 1.807) is 4.57 Å². The van der Waals surface area contributed by atoms with Crippen molar-refractivity contribution in [2.24, 2.45) is 0 Å². The van der Waals surface area contributed by atoms with Gasteiger partial charge in [-0.15, -0.1) is 10.2 Å². The van der Waals surface area contributed by atoms with E-state index in [0.29, 0.717) is 6.42 Å². The Kier molecular flexibility index (Phi) is 1.18. The van der Waals surface area contributed by atoms with Crippen molar-refractivity contribution in [3.8, 4) is 0 Å². The van der Waals surface area contributed by atoms with Crippen molar-refractivity contribution in [2.45, 2.75) is 18.9 Å². The largest absolute Gasteiger partial charge is 0.480 e. The van der Waals surface area contributed by atoms with E-state index in [2.05, 4.69) is 10.2 Å². The molecular formula is C6H7N3O2. The molecule has 0 aliphatic carbocycles. The molecule has 1 aromatic heterocycles. The van der Waals surface area contributed by atoms with Crippen LogP contribution in [0.2, 0.25) is 0 Å². The minimum atomic E-state index is -0.802. The van der Waals surface area contributed by atoms with E-state index in [-0.39, 0.29) is 0 Å². The summed E-state index contributed by atoms with van der Waals surface area (Å²) in [5.74, 6) is -0.0269. The van der Waals surface area contributed by atoms with Gasteiger partial charge in [0, 0.05) is 6.42 Å². The van der Waals surface area contributed by atoms with Crippen molar-refractivity contribution in [2.75, 3.05) is 0 Å². The Morgan fingerprint density at radius 2 is 2.64 bits per heavy atom. The van der Waals surface area contributed by atoms with Crippen molar-refractivity contribution in [1.82, 2.24) is 14.8 Å². The van der Waals surface area contributed by atoms with Crippen LogP contribution in [0.15, 0.2) is 6.33 Å². The number of carboxylic acids is 1. The number of carbonyl (C=O) groups is 1. The van der Waals surface area contributed by atoms with Gasteiger partial charge in [0.05, 0.1) is 0 Å². The summed E-state index contributed by atoms with van der Waals surface area (Å²) in [7, 11) is 0. The predicted octanol–water partition coefficient (Wildman–Crippen LogP) is -0.150. The highest BCUT2D eigenvalue weighted by molar-refractivity contribution is 5.72. The van der Waals surface area contributed by atoms with E-state index >= 15 is 0 Å². The van der Waals surface area contributed by atoms with Crippen LogP contribution < -0.4 is 0 Å². The van der Waals surface area contributed by atoms with E-state index in [9.17, 15) is 4.79 Å². The first-order valence-corrected chi connectivity index (χ1v) is 3.40. The van der Waals surface area contributed by atoms with Crippen LogP contribution in [0.5, 0.6) is 0 Å². The third-order valence-corrected chi connectivity index (χ3v) is 1.91. The standard InChI is InChI=1S/C6H7N3O2/c10-6(11)4-1-2-5-8-7-3-9(4)5/h3-4H,1-2H2,(H,10,11)/t4-/m1/s1. The molecule has 1 aromatic rings. The molecule has 2 rings (SSSR count). The Labute approximate surface area is 62.7 Å². The molecule has 0 aromatic carbocycles. The molecule has 0 unspecified atom stereocenters. The number of fused-ring (bicyclic) bond motifs is 1. The maximum Gasteiger partial charge on any atom is 0.326 e. The van der Waals surface area contributed by atoms with Gasteiger partial charge in [-0.25, -0.2) is 4.79 Å². The average molecular weight is 153 g/mol. The molecule has 5 nitrogen and oxygen atoms in total. The summed E-state index contributed by atoms with van der Waals surface area (Å²) in [5.41, 5.74) is 0. The van der Waals surface area contributed by atoms with Gasteiger partial charge in [-0.05, 0) is 6.42 Å². The quantitative estimate of drug-likeness (QED) is 0.609. The maximum absolute atomic E-state index is 10.6. The van der Waals surface area contributed by atoms with Crippen LogP contribution in [-0.2, 0) is 11.2 Å². The molecule has 0 bridgehead atoms. The van der Waals surface area contributed by atoms with Gasteiger partial charge in [0.2, 0.25) is 0 Å². The Bertz CT molecular complexity index is 294. The first kappa shape index (κ1) is 6.33. The lowest BCUT2D eigenvalue weighted by Crippen LogP contribution is -2.13. The summed E-state index contributed by atoms with van der Waals surface area (Å²) in [6, 6.07) is -0.444. The van der Waals surface area contributed by atoms with Crippen LogP contribution >= 0.6 is 0 Å². The van der Waals surface area contributed by atoms with Crippen LogP contribution in [0, 0.1) is 0 Å². The highest BCUT2D eigenvalue weighted by Gasteiger charge is 2.28. The minimum Gasteiger partial charge on any atom is -0.480 e. The van der Waals surface area contributed by atoms with Crippen LogP contribution in [0.4, 0.5) is 0 Å². The zero-order valence-corrected chi connectivity index (χ0v) is 5.77. The lowest BCUT2D eigenvalue weighted by molar-refractivity contribution is -0.140. The lowest BCUT2D eigenvalue weighted by atomic mass is 10.2. The number of nitrogens with zero attached hydrogens (tertiary/aromatic N) is 3. The van der Waals surface area contributed by atoms with Gasteiger partial charge in [-0.3, -0.25) is 0 Å². The molecule has 0 saturated heterocycles. The van der Waals surface area contributed by atoms with Gasteiger partial charge < -0.3 is 9.67 Å². The minimum absolute atomic E-state index is 0.444. The molecule has 0 amide bonds. The summed E-state index contributed by atoms with van der Waals surface area (Å²) in [6.07, 6.45) is 2.83. The van der Waals surface area contributed by atoms with Crippen LogP contribution in [-0.4, -0.2) is 25.8 Å². The highest BCUT2D eigenvalue weighted by atomic mass is 16.4. The van der Waals surface area contributed by atoms with Gasteiger partial charge in [0.1, 0.15) is 18.2 Å². The lowest BCUT2D eigenvalue weighted by Gasteiger charge is -2.03. The van der Waals surface area contributed by atoms with Gasteiger partial charge in [0.25, 0.3) is 0 Å². The van der Waals surface area contributed by atoms with Gasteiger partial charge >= 0.3 is 5.97 Å². The zero-order valence-electron chi connectivity index (χ0n) is 5.77. The van der Waals surface area contributed by atoms with Crippen molar-refractivity contribution < 1.29 is 9.90 Å². The van der Waals surface area contributed by atoms with Crippen LogP contribution in [0.3, 0.4) is 0 Å². The number of carboxylic acid groups (broad SMARTS) is 1. The summed E-state index contributed by atoms with van der Waals surface area (Å²) < 4.78 is 1.61. The van der Waals surface area contributed by atoms with Crippen LogP contribution in [0.1, 0.15) is 18.3 Å². The molecule has 0 spiro atoms. The second kappa shape index (κ2) is 2.05. The zero-order chi connectivity index (χ0) is 7.84. The monoisotopic (exact) mass is 153 g/mol. The smallest absolute Gasteiger partial charge is 0.326 e. The molecule has 1 aliphatic heterocycles. The van der Waals surface area contributed by atoms with Crippen molar-refractivity contribution in [3.63, 3.8) is 0 Å². The van der Waals surface area contributed by atoms with Gasteiger partial charge in [-0.2, -0.15) is 0 Å². The highest BCUT2D eigenvalue weighted by Crippen LogP contribution is 2.23. The molecule has 1 atom stereocenters. The SMILES string of the molecule is O=C(O)[C@H]1CCc2nncn21. The molecule has 0 radical (unpaired) electrons. The second-order valence-electron chi connectivity index (χ2n) is 2.55. The Balaban J connectivity index is 2.38. The van der Waals surface area contributed by atoms with E-state index in [1.807, 2.05) is 0 Å². The summed E-state index contributed by atoms with van der Waals surface area (Å²) >= 11 is 0. The molecule has 11 heavy (non-hydrogen) atoms. The van der Waals surface area contributed by atoms with Gasteiger partial charge in [0.15, 0.2) is 0 Å². The summed E-state index contributed by atoms with van der Waals surface area (Å²) in [4.78, 5) is 10.6. The Morgan fingerprint density at radius 3 is 3.36 bits per heavy atom. The Morgan fingerprint density at radius 1 is 1.82 bits per heavy atom. The summed E-state index contributed by atoms with van der Waals surface area (Å²) in [6.45, 7) is 0. The number of hydrogen-bond acceptors (Lipinski definition) is 3. The van der Waals surface area contributed by atoms with Crippen molar-refractivity contribution in [1.29, 1.82) is 0 Å². The number of aromatic nitrogens is 3. The fourth-order valence-corrected chi connectivity index (χ4v) is 1.35. The molecule has 58 valence electrons.